The van der Waals surface area contributed by atoms with Crippen LogP contribution in [0.15, 0.2) is 18.2 Å². The van der Waals surface area contributed by atoms with Crippen LogP contribution < -0.4 is 5.73 Å². The minimum absolute atomic E-state index is 0.357. The number of hydrogen-bond acceptors (Lipinski definition) is 4. The Labute approximate surface area is 128 Å². The van der Waals surface area contributed by atoms with Gasteiger partial charge in [-0.25, -0.2) is 4.79 Å². The van der Waals surface area contributed by atoms with E-state index in [-0.39, 0.29) is 5.97 Å². The van der Waals surface area contributed by atoms with Gasteiger partial charge in [0.1, 0.15) is 4.88 Å². The van der Waals surface area contributed by atoms with Gasteiger partial charge in [-0.3, -0.25) is 0 Å². The highest BCUT2D eigenvalue weighted by atomic mass is 32.1. The SMILES string of the molecule is COC(=O)c1sc(-c2ccc3c(c2)CCCC3)c(C)c1N. The van der Waals surface area contributed by atoms with Crippen molar-refractivity contribution in [3.05, 3.63) is 39.8 Å². The number of fused-ring (bicyclic) bond motifs is 1. The lowest BCUT2D eigenvalue weighted by Crippen LogP contribution is -2.02. The maximum atomic E-state index is 11.8. The van der Waals surface area contributed by atoms with Gasteiger partial charge in [-0.05, 0) is 54.9 Å². The molecule has 110 valence electrons. The van der Waals surface area contributed by atoms with E-state index in [1.54, 1.807) is 0 Å². The van der Waals surface area contributed by atoms with Crippen LogP contribution in [0.5, 0.6) is 0 Å². The average Bonchev–Trinajstić information content (AvgIpc) is 2.82. The molecule has 1 aromatic carbocycles. The predicted molar refractivity (Wildman–Crippen MR) is 86.9 cm³/mol. The second-order valence-electron chi connectivity index (χ2n) is 5.48. The fourth-order valence-electron chi connectivity index (χ4n) is 2.92. The third kappa shape index (κ3) is 2.44. The summed E-state index contributed by atoms with van der Waals surface area (Å²) in [6, 6.07) is 6.62. The van der Waals surface area contributed by atoms with Gasteiger partial charge in [0.2, 0.25) is 0 Å². The molecule has 1 heterocycles. The monoisotopic (exact) mass is 301 g/mol. The largest absolute Gasteiger partial charge is 0.465 e. The molecule has 0 atom stereocenters. The highest BCUT2D eigenvalue weighted by molar-refractivity contribution is 7.18. The number of esters is 1. The Balaban J connectivity index is 2.06. The summed E-state index contributed by atoms with van der Waals surface area (Å²) in [5.74, 6) is -0.357. The van der Waals surface area contributed by atoms with Crippen molar-refractivity contribution in [2.45, 2.75) is 32.6 Å². The fourth-order valence-corrected chi connectivity index (χ4v) is 4.06. The zero-order chi connectivity index (χ0) is 15.0. The lowest BCUT2D eigenvalue weighted by Gasteiger charge is -2.16. The highest BCUT2D eigenvalue weighted by Crippen LogP contribution is 2.39. The first-order valence-corrected chi connectivity index (χ1v) is 8.03. The third-order valence-corrected chi connectivity index (χ3v) is 5.51. The number of benzene rings is 1. The zero-order valence-electron chi connectivity index (χ0n) is 12.4. The fraction of sp³-hybridized carbons (Fsp3) is 0.353. The van der Waals surface area contributed by atoms with Crippen molar-refractivity contribution in [2.24, 2.45) is 0 Å². The number of nitrogens with two attached hydrogens (primary N) is 1. The lowest BCUT2D eigenvalue weighted by molar-refractivity contribution is 0.0607. The van der Waals surface area contributed by atoms with E-state index in [1.807, 2.05) is 6.92 Å². The Morgan fingerprint density at radius 1 is 1.24 bits per heavy atom. The van der Waals surface area contributed by atoms with E-state index in [9.17, 15) is 4.79 Å². The molecule has 0 spiro atoms. The molecular weight excluding hydrogens is 282 g/mol. The molecule has 2 N–H and O–H groups in total. The number of anilines is 1. The zero-order valence-corrected chi connectivity index (χ0v) is 13.2. The summed E-state index contributed by atoms with van der Waals surface area (Å²) < 4.78 is 4.80. The van der Waals surface area contributed by atoms with Crippen molar-refractivity contribution in [3.63, 3.8) is 0 Å². The second-order valence-corrected chi connectivity index (χ2v) is 6.50. The average molecular weight is 301 g/mol. The first kappa shape index (κ1) is 14.1. The minimum Gasteiger partial charge on any atom is -0.465 e. The molecule has 1 aliphatic carbocycles. The van der Waals surface area contributed by atoms with Gasteiger partial charge in [-0.1, -0.05) is 18.2 Å². The van der Waals surface area contributed by atoms with Crippen LogP contribution in [0.1, 0.15) is 39.2 Å². The van der Waals surface area contributed by atoms with Gasteiger partial charge < -0.3 is 10.5 Å². The van der Waals surface area contributed by atoms with Crippen LogP contribution in [-0.2, 0) is 17.6 Å². The number of nitrogen functional groups attached to an aromatic ring is 1. The Morgan fingerprint density at radius 3 is 2.67 bits per heavy atom. The van der Waals surface area contributed by atoms with Gasteiger partial charge >= 0.3 is 5.97 Å². The van der Waals surface area contributed by atoms with Crippen LogP contribution in [0.2, 0.25) is 0 Å². The molecule has 0 radical (unpaired) electrons. The standard InChI is InChI=1S/C17H19NO2S/c1-10-14(18)16(17(19)20-2)21-15(10)13-8-7-11-5-3-4-6-12(11)9-13/h7-9H,3-6,18H2,1-2H3. The predicted octanol–water partition coefficient (Wildman–Crippen LogP) is 3.97. The summed E-state index contributed by atoms with van der Waals surface area (Å²) in [6.07, 6.45) is 4.86. The molecule has 0 saturated heterocycles. The minimum atomic E-state index is -0.357. The first-order valence-electron chi connectivity index (χ1n) is 7.21. The van der Waals surface area contributed by atoms with Gasteiger partial charge in [-0.15, -0.1) is 11.3 Å². The molecule has 4 heteroatoms. The van der Waals surface area contributed by atoms with Crippen molar-refractivity contribution >= 4 is 23.0 Å². The quantitative estimate of drug-likeness (QED) is 0.854. The number of ether oxygens (including phenoxy) is 1. The van der Waals surface area contributed by atoms with Crippen LogP contribution in [-0.4, -0.2) is 13.1 Å². The Morgan fingerprint density at radius 2 is 1.95 bits per heavy atom. The Bertz CT molecular complexity index is 703. The first-order chi connectivity index (χ1) is 10.1. The van der Waals surface area contributed by atoms with Crippen LogP contribution in [0.4, 0.5) is 5.69 Å². The molecule has 0 unspecified atom stereocenters. The summed E-state index contributed by atoms with van der Waals surface area (Å²) in [5.41, 5.74) is 11.6. The van der Waals surface area contributed by atoms with Crippen molar-refractivity contribution in [1.29, 1.82) is 0 Å². The van der Waals surface area contributed by atoms with Crippen molar-refractivity contribution < 1.29 is 9.53 Å². The number of rotatable bonds is 2. The van der Waals surface area contributed by atoms with Crippen molar-refractivity contribution in [1.82, 2.24) is 0 Å². The molecule has 2 aromatic rings. The third-order valence-electron chi connectivity index (χ3n) is 4.17. The number of carbonyl (C=O) groups excluding carboxylic acids is 1. The normalized spacial score (nSPS) is 13.8. The van der Waals surface area contributed by atoms with Gasteiger partial charge in [0.15, 0.2) is 0 Å². The molecule has 21 heavy (non-hydrogen) atoms. The van der Waals surface area contributed by atoms with E-state index in [0.717, 1.165) is 22.4 Å². The topological polar surface area (TPSA) is 52.3 Å². The summed E-state index contributed by atoms with van der Waals surface area (Å²) in [5, 5.41) is 0. The molecule has 0 amide bonds. The van der Waals surface area contributed by atoms with E-state index < -0.39 is 0 Å². The maximum Gasteiger partial charge on any atom is 0.350 e. The van der Waals surface area contributed by atoms with E-state index in [1.165, 1.54) is 48.8 Å². The second kappa shape index (κ2) is 5.53. The number of thiophene rings is 1. The number of carbonyl (C=O) groups is 1. The van der Waals surface area contributed by atoms with Gasteiger partial charge in [0.05, 0.1) is 12.8 Å². The van der Waals surface area contributed by atoms with Crippen molar-refractivity contribution in [2.75, 3.05) is 12.8 Å². The molecule has 3 rings (SSSR count). The van der Waals surface area contributed by atoms with Crippen LogP contribution in [0.3, 0.4) is 0 Å². The molecule has 0 fully saturated rings. The molecule has 0 saturated carbocycles. The van der Waals surface area contributed by atoms with Crippen molar-refractivity contribution in [3.8, 4) is 10.4 Å². The van der Waals surface area contributed by atoms with Gasteiger partial charge in [0.25, 0.3) is 0 Å². The maximum absolute atomic E-state index is 11.8. The van der Waals surface area contributed by atoms with E-state index in [4.69, 9.17) is 10.5 Å². The molecular formula is C17H19NO2S. The molecule has 0 bridgehead atoms. The van der Waals surface area contributed by atoms with Crippen LogP contribution in [0.25, 0.3) is 10.4 Å². The smallest absolute Gasteiger partial charge is 0.350 e. The highest BCUT2D eigenvalue weighted by Gasteiger charge is 2.20. The summed E-state index contributed by atoms with van der Waals surface area (Å²) in [6.45, 7) is 1.97. The van der Waals surface area contributed by atoms with E-state index in [0.29, 0.717) is 10.6 Å². The number of methoxy groups -OCH3 is 1. The van der Waals surface area contributed by atoms with Gasteiger partial charge in [0, 0.05) is 4.88 Å². The summed E-state index contributed by atoms with van der Waals surface area (Å²) >= 11 is 1.42. The summed E-state index contributed by atoms with van der Waals surface area (Å²) in [4.78, 5) is 13.3. The van der Waals surface area contributed by atoms with Gasteiger partial charge in [-0.2, -0.15) is 0 Å². The van der Waals surface area contributed by atoms with E-state index >= 15 is 0 Å². The molecule has 1 aromatic heterocycles. The molecule has 0 aliphatic heterocycles. The van der Waals surface area contributed by atoms with E-state index in [2.05, 4.69) is 18.2 Å². The Hall–Kier alpha value is -1.81. The van der Waals surface area contributed by atoms with Crippen LogP contribution >= 0.6 is 11.3 Å². The van der Waals surface area contributed by atoms with Crippen LogP contribution in [0, 0.1) is 6.92 Å². The number of hydrogen-bond donors (Lipinski definition) is 1. The lowest BCUT2D eigenvalue weighted by atomic mass is 9.90. The molecule has 1 aliphatic rings. The number of aryl methyl sites for hydroxylation is 2. The summed E-state index contributed by atoms with van der Waals surface area (Å²) in [7, 11) is 1.38. The Kier molecular flexibility index (Phi) is 3.72. The molecule has 3 nitrogen and oxygen atoms in total.